The SMILES string of the molecule is CC(C)C(C)CC1C(C)C(C)C(C)C1C. The zero-order valence-corrected chi connectivity index (χ0v) is 11.7. The molecule has 15 heavy (non-hydrogen) atoms. The summed E-state index contributed by atoms with van der Waals surface area (Å²) in [5.74, 6) is 6.39. The molecule has 0 bridgehead atoms. The summed E-state index contributed by atoms with van der Waals surface area (Å²) < 4.78 is 0. The lowest BCUT2D eigenvalue weighted by molar-refractivity contribution is 0.230. The van der Waals surface area contributed by atoms with E-state index in [1.807, 2.05) is 0 Å². The summed E-state index contributed by atoms with van der Waals surface area (Å²) in [6, 6.07) is 0. The van der Waals surface area contributed by atoms with Gasteiger partial charge >= 0.3 is 0 Å². The first-order valence-corrected chi connectivity index (χ1v) is 6.86. The molecule has 90 valence electrons. The minimum Gasteiger partial charge on any atom is -0.0625 e. The van der Waals surface area contributed by atoms with E-state index in [0.29, 0.717) is 0 Å². The highest BCUT2D eigenvalue weighted by atomic mass is 14.5. The van der Waals surface area contributed by atoms with Gasteiger partial charge in [0, 0.05) is 0 Å². The molecule has 0 aromatic carbocycles. The van der Waals surface area contributed by atoms with Crippen molar-refractivity contribution in [2.45, 2.75) is 54.9 Å². The molecule has 5 atom stereocenters. The molecule has 5 unspecified atom stereocenters. The quantitative estimate of drug-likeness (QED) is 0.625. The largest absolute Gasteiger partial charge is 0.0625 e. The van der Waals surface area contributed by atoms with Crippen LogP contribution in [0, 0.1) is 41.4 Å². The Morgan fingerprint density at radius 3 is 1.47 bits per heavy atom. The molecule has 0 amide bonds. The number of hydrogen-bond acceptors (Lipinski definition) is 0. The van der Waals surface area contributed by atoms with E-state index in [0.717, 1.165) is 41.4 Å². The van der Waals surface area contributed by atoms with Crippen molar-refractivity contribution in [3.05, 3.63) is 0 Å². The third-order valence-corrected chi connectivity index (χ3v) is 5.62. The Labute approximate surface area is 96.8 Å². The molecule has 0 aromatic heterocycles. The highest BCUT2D eigenvalue weighted by molar-refractivity contribution is 4.90. The fraction of sp³-hybridized carbons (Fsp3) is 1.00. The Morgan fingerprint density at radius 2 is 1.13 bits per heavy atom. The van der Waals surface area contributed by atoms with Crippen molar-refractivity contribution in [3.63, 3.8) is 0 Å². The van der Waals surface area contributed by atoms with Crippen LogP contribution in [0.1, 0.15) is 54.9 Å². The third-order valence-electron chi connectivity index (χ3n) is 5.62. The van der Waals surface area contributed by atoms with E-state index < -0.39 is 0 Å². The average Bonchev–Trinajstić information content (AvgIpc) is 2.35. The van der Waals surface area contributed by atoms with Gasteiger partial charge in [-0.05, 0) is 47.8 Å². The molecule has 1 rings (SSSR count). The van der Waals surface area contributed by atoms with Crippen molar-refractivity contribution in [2.24, 2.45) is 41.4 Å². The molecule has 0 saturated heterocycles. The first-order chi connectivity index (χ1) is 6.86. The van der Waals surface area contributed by atoms with Crippen LogP contribution in [0.15, 0.2) is 0 Å². The first kappa shape index (κ1) is 13.1. The summed E-state index contributed by atoms with van der Waals surface area (Å²) in [4.78, 5) is 0. The molecule has 0 aromatic rings. The second kappa shape index (κ2) is 4.89. The van der Waals surface area contributed by atoms with Gasteiger partial charge in [-0.15, -0.1) is 0 Å². The van der Waals surface area contributed by atoms with Crippen molar-refractivity contribution >= 4 is 0 Å². The molecule has 1 aliphatic rings. The van der Waals surface area contributed by atoms with Crippen LogP contribution < -0.4 is 0 Å². The standard InChI is InChI=1S/C15H30/c1-9(2)10(3)8-15-13(6)11(4)12(5)14(15)7/h9-15H,8H2,1-7H3. The van der Waals surface area contributed by atoms with Crippen LogP contribution in [0.5, 0.6) is 0 Å². The van der Waals surface area contributed by atoms with Crippen molar-refractivity contribution in [2.75, 3.05) is 0 Å². The van der Waals surface area contributed by atoms with Crippen LogP contribution in [-0.4, -0.2) is 0 Å². The summed E-state index contributed by atoms with van der Waals surface area (Å²) in [6.07, 6.45) is 1.44. The Balaban J connectivity index is 2.62. The van der Waals surface area contributed by atoms with Crippen molar-refractivity contribution in [1.29, 1.82) is 0 Å². The van der Waals surface area contributed by atoms with Gasteiger partial charge < -0.3 is 0 Å². The van der Waals surface area contributed by atoms with E-state index in [2.05, 4.69) is 48.5 Å². The molecule has 0 N–H and O–H groups in total. The fourth-order valence-electron chi connectivity index (χ4n) is 3.35. The van der Waals surface area contributed by atoms with Crippen LogP contribution in [0.2, 0.25) is 0 Å². The molecule has 0 aliphatic heterocycles. The third kappa shape index (κ3) is 2.57. The molecule has 0 radical (unpaired) electrons. The van der Waals surface area contributed by atoms with Gasteiger partial charge in [-0.2, -0.15) is 0 Å². The van der Waals surface area contributed by atoms with Gasteiger partial charge in [0.05, 0.1) is 0 Å². The Bertz CT molecular complexity index is 180. The van der Waals surface area contributed by atoms with Gasteiger partial charge in [0.1, 0.15) is 0 Å². The van der Waals surface area contributed by atoms with Gasteiger partial charge in [-0.3, -0.25) is 0 Å². The lowest BCUT2D eigenvalue weighted by Crippen LogP contribution is -2.18. The number of rotatable bonds is 3. The Kier molecular flexibility index (Phi) is 4.26. The molecular formula is C15H30. The maximum Gasteiger partial charge on any atom is -0.0355 e. The van der Waals surface area contributed by atoms with Gasteiger partial charge in [0.25, 0.3) is 0 Å². The lowest BCUT2D eigenvalue weighted by Gasteiger charge is -2.26. The van der Waals surface area contributed by atoms with Gasteiger partial charge in [0.15, 0.2) is 0 Å². The zero-order valence-electron chi connectivity index (χ0n) is 11.7. The normalized spacial score (nSPS) is 43.6. The smallest absolute Gasteiger partial charge is 0.0355 e. The Hall–Kier alpha value is 0. The lowest BCUT2D eigenvalue weighted by atomic mass is 9.79. The minimum atomic E-state index is 0.843. The topological polar surface area (TPSA) is 0 Å². The predicted molar refractivity (Wildman–Crippen MR) is 68.8 cm³/mol. The predicted octanol–water partition coefficient (Wildman–Crippen LogP) is 4.84. The van der Waals surface area contributed by atoms with Crippen LogP contribution in [0.3, 0.4) is 0 Å². The number of hydrogen-bond donors (Lipinski definition) is 0. The van der Waals surface area contributed by atoms with Gasteiger partial charge in [-0.25, -0.2) is 0 Å². The highest BCUT2D eigenvalue weighted by Crippen LogP contribution is 2.48. The molecule has 1 saturated carbocycles. The van der Waals surface area contributed by atoms with E-state index in [-0.39, 0.29) is 0 Å². The van der Waals surface area contributed by atoms with Crippen LogP contribution in [0.25, 0.3) is 0 Å². The summed E-state index contributed by atoms with van der Waals surface area (Å²) in [6.45, 7) is 17.0. The van der Waals surface area contributed by atoms with Crippen LogP contribution in [-0.2, 0) is 0 Å². The van der Waals surface area contributed by atoms with E-state index >= 15 is 0 Å². The van der Waals surface area contributed by atoms with Crippen LogP contribution in [0.4, 0.5) is 0 Å². The Morgan fingerprint density at radius 1 is 0.733 bits per heavy atom. The van der Waals surface area contributed by atoms with Gasteiger partial charge in [0.2, 0.25) is 0 Å². The summed E-state index contributed by atoms with van der Waals surface area (Å²) in [5.41, 5.74) is 0. The molecular weight excluding hydrogens is 180 g/mol. The molecule has 1 aliphatic carbocycles. The molecule has 0 nitrogen and oxygen atoms in total. The first-order valence-electron chi connectivity index (χ1n) is 6.86. The zero-order chi connectivity index (χ0) is 11.7. The minimum absolute atomic E-state index is 0.843. The molecule has 1 fully saturated rings. The molecule has 0 heterocycles. The van der Waals surface area contributed by atoms with E-state index in [1.165, 1.54) is 6.42 Å². The fourth-order valence-corrected chi connectivity index (χ4v) is 3.35. The van der Waals surface area contributed by atoms with E-state index in [1.54, 1.807) is 0 Å². The second-order valence-corrected chi connectivity index (χ2v) is 6.56. The van der Waals surface area contributed by atoms with Gasteiger partial charge in [-0.1, -0.05) is 48.5 Å². The highest BCUT2D eigenvalue weighted by Gasteiger charge is 2.41. The maximum atomic E-state index is 2.47. The summed E-state index contributed by atoms with van der Waals surface area (Å²) >= 11 is 0. The van der Waals surface area contributed by atoms with E-state index in [4.69, 9.17) is 0 Å². The second-order valence-electron chi connectivity index (χ2n) is 6.56. The van der Waals surface area contributed by atoms with Crippen molar-refractivity contribution in [1.82, 2.24) is 0 Å². The summed E-state index contributed by atoms with van der Waals surface area (Å²) in [7, 11) is 0. The average molecular weight is 210 g/mol. The van der Waals surface area contributed by atoms with Crippen LogP contribution >= 0.6 is 0 Å². The maximum absolute atomic E-state index is 2.47. The van der Waals surface area contributed by atoms with E-state index in [9.17, 15) is 0 Å². The van der Waals surface area contributed by atoms with Crippen molar-refractivity contribution < 1.29 is 0 Å². The molecule has 0 spiro atoms. The van der Waals surface area contributed by atoms with Crippen molar-refractivity contribution in [3.8, 4) is 0 Å². The monoisotopic (exact) mass is 210 g/mol. The summed E-state index contributed by atoms with van der Waals surface area (Å²) in [5, 5.41) is 0. The molecule has 0 heteroatoms.